The highest BCUT2D eigenvalue weighted by Gasteiger charge is 2.57. The molecule has 0 aliphatic heterocycles. The van der Waals surface area contributed by atoms with Crippen molar-refractivity contribution in [3.05, 3.63) is 0 Å². The van der Waals surface area contributed by atoms with Crippen LogP contribution < -0.4 is 0 Å². The Morgan fingerprint density at radius 2 is 1.05 bits per heavy atom. The summed E-state index contributed by atoms with van der Waals surface area (Å²) < 4.78 is 77.7. The normalized spacial score (nSPS) is 37.5. The molecule has 0 aromatic carbocycles. The molecule has 0 atom stereocenters. The Morgan fingerprint density at radius 3 is 1.29 bits per heavy atom. The van der Waals surface area contributed by atoms with Gasteiger partial charge in [-0.25, -0.2) is 0 Å². The minimum absolute atomic E-state index is 0. The lowest BCUT2D eigenvalue weighted by Gasteiger charge is -2.55. The van der Waals surface area contributed by atoms with Gasteiger partial charge in [-0.2, -0.15) is 26.3 Å². The molecule has 8 aliphatic carbocycles. The van der Waals surface area contributed by atoms with Crippen LogP contribution in [0.25, 0.3) is 0 Å². The van der Waals surface area contributed by atoms with E-state index in [2.05, 4.69) is 15.9 Å². The fourth-order valence-corrected chi connectivity index (χ4v) is 9.63. The van der Waals surface area contributed by atoms with Gasteiger partial charge in [-0.05, 0) is 144 Å². The number of ether oxygens (including phenoxy) is 1. The zero-order valence-electron chi connectivity index (χ0n) is 22.7. The number of halogens is 8. The lowest BCUT2D eigenvalue weighted by Crippen LogP contribution is -2.50. The fraction of sp³-hybridized carbons (Fsp3) is 0.931. The summed E-state index contributed by atoms with van der Waals surface area (Å²) in [6, 6.07) is 0. The topological polar surface area (TPSA) is 83.8 Å². The summed E-state index contributed by atoms with van der Waals surface area (Å²) in [5.74, 6) is -0.962. The van der Waals surface area contributed by atoms with E-state index in [1.165, 1.54) is 54.5 Å². The molecule has 0 heterocycles. The number of hydrogen-bond acceptors (Lipinski definition) is 4. The molecule has 0 unspecified atom stereocenters. The van der Waals surface area contributed by atoms with Crippen LogP contribution in [0.4, 0.5) is 26.3 Å². The highest BCUT2D eigenvalue weighted by Crippen LogP contribution is 2.61. The number of aliphatic hydroxyl groups excluding tert-OH is 1. The van der Waals surface area contributed by atoms with Gasteiger partial charge in [0.2, 0.25) is 0 Å². The van der Waals surface area contributed by atoms with Crippen LogP contribution in [0.1, 0.15) is 90.9 Å². The van der Waals surface area contributed by atoms with Gasteiger partial charge in [0.1, 0.15) is 0 Å². The van der Waals surface area contributed by atoms with Gasteiger partial charge in [0.15, 0.2) is 6.61 Å². The van der Waals surface area contributed by atoms with Crippen LogP contribution in [0.2, 0.25) is 0 Å². The number of rotatable bonds is 7. The number of aliphatic carboxylic acids is 1. The molecule has 8 saturated carbocycles. The van der Waals surface area contributed by atoms with Gasteiger partial charge >= 0.3 is 27.5 Å². The summed E-state index contributed by atoms with van der Waals surface area (Å²) in [7, 11) is 0. The van der Waals surface area contributed by atoms with Crippen LogP contribution >= 0.6 is 31.9 Å². The lowest BCUT2D eigenvalue weighted by molar-refractivity contribution is -0.176. The summed E-state index contributed by atoms with van der Waals surface area (Å²) >= 11 is 3.71. The third-order valence-electron chi connectivity index (χ3n) is 10.2. The molecule has 0 radical (unpaired) electrons. The summed E-state index contributed by atoms with van der Waals surface area (Å²) in [6.45, 7) is -1.82. The third-order valence-corrected chi connectivity index (χ3v) is 11.0. The molecule has 0 spiro atoms. The molecule has 0 aromatic rings. The van der Waals surface area contributed by atoms with Crippen molar-refractivity contribution in [2.75, 3.05) is 13.2 Å². The molecule has 5 nitrogen and oxygen atoms in total. The van der Waals surface area contributed by atoms with Gasteiger partial charge in [-0.1, -0.05) is 7.43 Å². The zero-order valence-corrected chi connectivity index (χ0v) is 25.9. The lowest BCUT2D eigenvalue weighted by atomic mass is 9.49. The summed E-state index contributed by atoms with van der Waals surface area (Å²) in [5, 5.41) is 17.2. The molecule has 0 saturated heterocycles. The number of aliphatic hydroxyl groups is 1. The number of alkyl halides is 8. The highest BCUT2D eigenvalue weighted by molar-refractivity contribution is 9.10. The predicted octanol–water partition coefficient (Wildman–Crippen LogP) is 8.65. The summed E-state index contributed by atoms with van der Waals surface area (Å²) in [5.41, 5.74) is -0.720. The van der Waals surface area contributed by atoms with Crippen molar-refractivity contribution in [3.8, 4) is 0 Å². The molecule has 13 heteroatoms. The first-order chi connectivity index (χ1) is 18.9. The molecule has 0 amide bonds. The van der Waals surface area contributed by atoms with Crippen LogP contribution in [-0.4, -0.2) is 51.0 Å². The van der Waals surface area contributed by atoms with E-state index in [1.54, 1.807) is 0 Å². The monoisotopic (exact) mass is 742 g/mol. The molecule has 8 bridgehead atoms. The van der Waals surface area contributed by atoms with Crippen LogP contribution in [-0.2, 0) is 14.3 Å². The second-order valence-corrected chi connectivity index (χ2v) is 15.7. The highest BCUT2D eigenvalue weighted by atomic mass is 79.9. The van der Waals surface area contributed by atoms with Crippen molar-refractivity contribution in [2.24, 2.45) is 46.3 Å². The Kier molecular flexibility index (Phi) is 11.2. The second-order valence-electron chi connectivity index (χ2n) is 13.6. The van der Waals surface area contributed by atoms with Crippen molar-refractivity contribution in [2.45, 2.75) is 106 Å². The summed E-state index contributed by atoms with van der Waals surface area (Å²) in [4.78, 5) is 16.1. The van der Waals surface area contributed by atoms with Gasteiger partial charge < -0.3 is 14.9 Å². The largest absolute Gasteiger partial charge is 0.481 e. The molecule has 8 rings (SSSR count). The zero-order chi connectivity index (χ0) is 30.4. The molecule has 42 heavy (non-hydrogen) atoms. The van der Waals surface area contributed by atoms with E-state index >= 15 is 0 Å². The van der Waals surface area contributed by atoms with Crippen molar-refractivity contribution in [1.29, 1.82) is 0 Å². The predicted molar refractivity (Wildman–Crippen MR) is 151 cm³/mol. The number of esters is 1. The Morgan fingerprint density at radius 1 is 0.714 bits per heavy atom. The van der Waals surface area contributed by atoms with Crippen molar-refractivity contribution < 1.29 is 50.9 Å². The molecular weight excluding hydrogens is 702 g/mol. The summed E-state index contributed by atoms with van der Waals surface area (Å²) in [6.07, 6.45) is 11.9. The average Bonchev–Trinajstić information content (AvgIpc) is 2.80. The van der Waals surface area contributed by atoms with Gasteiger partial charge in [-0.3, -0.25) is 9.59 Å². The number of hydrogen-bond donors (Lipinski definition) is 2. The second kappa shape index (κ2) is 13.0. The Bertz CT molecular complexity index is 897. The van der Waals surface area contributed by atoms with Gasteiger partial charge in [-0.15, -0.1) is 0 Å². The number of carbonyl (C=O) groups excluding carboxylic acids is 1. The minimum atomic E-state index is -4.23. The Labute approximate surface area is 260 Å². The van der Waals surface area contributed by atoms with Crippen LogP contribution in [0, 0.1) is 46.3 Å². The first kappa shape index (κ1) is 35.9. The van der Waals surface area contributed by atoms with Crippen molar-refractivity contribution >= 4 is 43.8 Å². The molecule has 8 aliphatic rings. The number of carboxylic acids is 1. The van der Waals surface area contributed by atoms with E-state index in [0.29, 0.717) is 17.8 Å². The molecule has 8 fully saturated rings. The van der Waals surface area contributed by atoms with E-state index in [9.17, 15) is 41.0 Å². The van der Waals surface area contributed by atoms with Gasteiger partial charge in [0, 0.05) is 13.0 Å². The quantitative estimate of drug-likeness (QED) is 0.155. The average molecular weight is 744 g/mol. The van der Waals surface area contributed by atoms with Gasteiger partial charge in [0.05, 0.1) is 10.8 Å². The van der Waals surface area contributed by atoms with E-state index in [4.69, 9.17) is 9.84 Å². The van der Waals surface area contributed by atoms with Crippen molar-refractivity contribution in [3.63, 3.8) is 0 Å². The molecular formula is C29H42Br2F6O5. The van der Waals surface area contributed by atoms with Crippen LogP contribution in [0.15, 0.2) is 0 Å². The van der Waals surface area contributed by atoms with E-state index < -0.39 is 46.6 Å². The van der Waals surface area contributed by atoms with Crippen LogP contribution in [0.3, 0.4) is 0 Å². The molecule has 0 aromatic heterocycles. The fourth-order valence-electron chi connectivity index (χ4n) is 9.32. The number of carboxylic acid groups (broad SMARTS) is 1. The minimum Gasteiger partial charge on any atom is -0.481 e. The van der Waals surface area contributed by atoms with Crippen LogP contribution in [0.5, 0.6) is 0 Å². The first-order valence-corrected chi connectivity index (χ1v) is 16.0. The molecule has 2 N–H and O–H groups in total. The van der Waals surface area contributed by atoms with E-state index in [-0.39, 0.29) is 18.8 Å². The Balaban J connectivity index is 0.000000180. The standard InChI is InChI=1S/C13H17BrF2O2.C11H16O2.C4H5BrF4O.CH4/c14-13(15,16)7-18-11(17)12-4-8-1-9(5-12)3-10(2-8)6-12;12-10(13)11-4-7-1-8(5-11)3-9(2-7)6-11;5-4(8,9)3(6,7)1-2-10;/h8-10H,1-7H2;7-9H,1-6H2,(H,12,13);10H,1-2H2;1H4. The first-order valence-electron chi connectivity index (χ1n) is 14.4. The van der Waals surface area contributed by atoms with E-state index in [1.807, 2.05) is 0 Å². The smallest absolute Gasteiger partial charge is 0.363 e. The Hall–Kier alpha value is -0.560. The molecule has 244 valence electrons. The SMILES string of the molecule is C.O=C(O)C12CC3CC(CC(C3)C1)C2.O=C(OCC(F)(F)Br)C12CC3CC(CC(C3)C1)C2.OCCC(F)(F)C(F)(F)Br. The van der Waals surface area contributed by atoms with Gasteiger partial charge in [0.25, 0.3) is 0 Å². The maximum absolute atomic E-state index is 12.7. The maximum atomic E-state index is 12.7. The number of carbonyl (C=O) groups is 2. The van der Waals surface area contributed by atoms with Crippen molar-refractivity contribution in [1.82, 2.24) is 0 Å². The van der Waals surface area contributed by atoms with E-state index in [0.717, 1.165) is 56.3 Å². The maximum Gasteiger partial charge on any atom is 0.363 e. The third kappa shape index (κ3) is 8.17.